The van der Waals surface area contributed by atoms with Crippen LogP contribution in [0.1, 0.15) is 28.9 Å². The number of benzene rings is 1. The highest BCUT2D eigenvalue weighted by Gasteiger charge is 2.20. The van der Waals surface area contributed by atoms with Crippen LogP contribution in [0.5, 0.6) is 0 Å². The van der Waals surface area contributed by atoms with Crippen LogP contribution in [0.15, 0.2) is 42.6 Å². The van der Waals surface area contributed by atoms with Crippen LogP contribution >= 0.6 is 0 Å². The van der Waals surface area contributed by atoms with Gasteiger partial charge in [-0.3, -0.25) is 4.79 Å². The lowest BCUT2D eigenvalue weighted by Gasteiger charge is -2.15. The molecular formula is C14H13NO4. The lowest BCUT2D eigenvalue weighted by atomic mass is 9.99. The van der Waals surface area contributed by atoms with E-state index in [9.17, 15) is 9.59 Å². The first-order valence-electron chi connectivity index (χ1n) is 5.75. The molecule has 1 aromatic heterocycles. The second kappa shape index (κ2) is 4.97. The zero-order chi connectivity index (χ0) is 14.0. The van der Waals surface area contributed by atoms with Gasteiger partial charge < -0.3 is 14.8 Å². The molecule has 0 radical (unpaired) electrons. The molecule has 0 aliphatic rings. The van der Waals surface area contributed by atoms with Gasteiger partial charge in [-0.25, -0.2) is 4.79 Å². The Morgan fingerprint density at radius 1 is 1.11 bits per heavy atom. The summed E-state index contributed by atoms with van der Waals surface area (Å²) in [6.45, 7) is 1.57. The molecule has 0 aliphatic carbocycles. The molecule has 1 unspecified atom stereocenters. The van der Waals surface area contributed by atoms with Gasteiger partial charge in [0.2, 0.25) is 0 Å². The van der Waals surface area contributed by atoms with E-state index >= 15 is 0 Å². The van der Waals surface area contributed by atoms with Crippen LogP contribution in [0.25, 0.3) is 5.69 Å². The minimum Gasteiger partial charge on any atom is -0.481 e. The Morgan fingerprint density at radius 2 is 1.79 bits per heavy atom. The Kier molecular flexibility index (Phi) is 3.37. The molecule has 5 heteroatoms. The average Bonchev–Trinajstić information content (AvgIpc) is 2.87. The predicted molar refractivity (Wildman–Crippen MR) is 68.8 cm³/mol. The minimum absolute atomic E-state index is 0.102. The monoisotopic (exact) mass is 259 g/mol. The SMILES string of the molecule is CC(C(=O)O)c1ccccc1-n1cccc1C(=O)O. The minimum atomic E-state index is -1.05. The number of aromatic carboxylic acids is 1. The number of para-hydroxylation sites is 1. The van der Waals surface area contributed by atoms with Crippen molar-refractivity contribution < 1.29 is 19.8 Å². The molecule has 0 spiro atoms. The van der Waals surface area contributed by atoms with Gasteiger partial charge in [0, 0.05) is 11.9 Å². The van der Waals surface area contributed by atoms with Gasteiger partial charge in [0.05, 0.1) is 5.92 Å². The highest BCUT2D eigenvalue weighted by molar-refractivity contribution is 5.87. The molecule has 2 rings (SSSR count). The zero-order valence-electron chi connectivity index (χ0n) is 10.3. The Labute approximate surface area is 109 Å². The van der Waals surface area contributed by atoms with Gasteiger partial charge in [0.15, 0.2) is 0 Å². The maximum Gasteiger partial charge on any atom is 0.352 e. The Balaban J connectivity index is 2.60. The summed E-state index contributed by atoms with van der Waals surface area (Å²) < 4.78 is 1.48. The molecule has 0 amide bonds. The normalized spacial score (nSPS) is 12.1. The van der Waals surface area contributed by atoms with E-state index in [1.807, 2.05) is 0 Å². The van der Waals surface area contributed by atoms with E-state index in [4.69, 9.17) is 10.2 Å². The summed E-state index contributed by atoms with van der Waals surface area (Å²) in [5, 5.41) is 18.2. The number of nitrogens with zero attached hydrogens (tertiary/aromatic N) is 1. The largest absolute Gasteiger partial charge is 0.481 e. The summed E-state index contributed by atoms with van der Waals surface area (Å²) in [7, 11) is 0. The molecule has 2 aromatic rings. The number of carboxylic acid groups (broad SMARTS) is 2. The van der Waals surface area contributed by atoms with Crippen molar-refractivity contribution in [2.75, 3.05) is 0 Å². The third kappa shape index (κ3) is 2.35. The molecular weight excluding hydrogens is 246 g/mol. The molecule has 0 fully saturated rings. The van der Waals surface area contributed by atoms with Crippen LogP contribution < -0.4 is 0 Å². The number of hydrogen-bond acceptors (Lipinski definition) is 2. The van der Waals surface area contributed by atoms with Gasteiger partial charge in [0.1, 0.15) is 5.69 Å². The van der Waals surface area contributed by atoms with E-state index in [0.717, 1.165) is 0 Å². The van der Waals surface area contributed by atoms with Crippen molar-refractivity contribution in [3.8, 4) is 5.69 Å². The van der Waals surface area contributed by atoms with Crippen molar-refractivity contribution >= 4 is 11.9 Å². The topological polar surface area (TPSA) is 79.5 Å². The van der Waals surface area contributed by atoms with E-state index in [0.29, 0.717) is 11.3 Å². The predicted octanol–water partition coefficient (Wildman–Crippen LogP) is 2.36. The van der Waals surface area contributed by atoms with Gasteiger partial charge in [-0.1, -0.05) is 18.2 Å². The second-order valence-electron chi connectivity index (χ2n) is 4.19. The van der Waals surface area contributed by atoms with Crippen molar-refractivity contribution in [3.63, 3.8) is 0 Å². The van der Waals surface area contributed by atoms with Crippen molar-refractivity contribution in [2.24, 2.45) is 0 Å². The standard InChI is InChI=1S/C14H13NO4/c1-9(13(16)17)10-5-2-3-6-11(10)15-8-4-7-12(15)14(18)19/h2-9H,1H3,(H,16,17)(H,18,19). The lowest BCUT2D eigenvalue weighted by molar-refractivity contribution is -0.138. The summed E-state index contributed by atoms with van der Waals surface area (Å²) in [5.74, 6) is -2.71. The fourth-order valence-electron chi connectivity index (χ4n) is 1.97. The van der Waals surface area contributed by atoms with Gasteiger partial charge in [-0.15, -0.1) is 0 Å². The molecule has 0 aliphatic heterocycles. The molecule has 1 atom stereocenters. The van der Waals surface area contributed by atoms with Crippen LogP contribution in [0, 0.1) is 0 Å². The van der Waals surface area contributed by atoms with Crippen molar-refractivity contribution in [2.45, 2.75) is 12.8 Å². The molecule has 98 valence electrons. The summed E-state index contributed by atoms with van der Waals surface area (Å²) in [5.41, 5.74) is 1.25. The van der Waals surface area contributed by atoms with Crippen LogP contribution in [-0.2, 0) is 4.79 Å². The van der Waals surface area contributed by atoms with Crippen LogP contribution in [0.4, 0.5) is 0 Å². The Hall–Kier alpha value is -2.56. The summed E-state index contributed by atoms with van der Waals surface area (Å²) >= 11 is 0. The fourth-order valence-corrected chi connectivity index (χ4v) is 1.97. The molecule has 0 saturated heterocycles. The third-order valence-corrected chi connectivity index (χ3v) is 3.00. The number of carboxylic acids is 2. The number of hydrogen-bond donors (Lipinski definition) is 2. The Morgan fingerprint density at radius 3 is 2.42 bits per heavy atom. The summed E-state index contributed by atoms with van der Waals surface area (Å²) in [6.07, 6.45) is 1.61. The first-order valence-corrected chi connectivity index (χ1v) is 5.75. The van der Waals surface area contributed by atoms with Gasteiger partial charge in [0.25, 0.3) is 0 Å². The molecule has 1 aromatic carbocycles. The van der Waals surface area contributed by atoms with Crippen LogP contribution in [0.2, 0.25) is 0 Å². The highest BCUT2D eigenvalue weighted by Crippen LogP contribution is 2.25. The van der Waals surface area contributed by atoms with Gasteiger partial charge >= 0.3 is 11.9 Å². The molecule has 0 bridgehead atoms. The maximum absolute atomic E-state index is 11.1. The fraction of sp³-hybridized carbons (Fsp3) is 0.143. The number of rotatable bonds is 4. The average molecular weight is 259 g/mol. The van der Waals surface area contributed by atoms with Crippen molar-refractivity contribution in [1.29, 1.82) is 0 Å². The first kappa shape index (κ1) is 12.9. The van der Waals surface area contributed by atoms with E-state index in [1.165, 1.54) is 10.6 Å². The number of aliphatic carboxylic acids is 1. The Bertz CT molecular complexity index is 630. The second-order valence-corrected chi connectivity index (χ2v) is 4.19. The van der Waals surface area contributed by atoms with E-state index in [2.05, 4.69) is 0 Å². The van der Waals surface area contributed by atoms with E-state index in [-0.39, 0.29) is 5.69 Å². The quantitative estimate of drug-likeness (QED) is 0.883. The zero-order valence-corrected chi connectivity index (χ0v) is 10.3. The van der Waals surface area contributed by atoms with Gasteiger partial charge in [-0.05, 0) is 30.7 Å². The summed E-state index contributed by atoms with van der Waals surface area (Å²) in [4.78, 5) is 22.2. The summed E-state index contributed by atoms with van der Waals surface area (Å²) in [6, 6.07) is 9.98. The highest BCUT2D eigenvalue weighted by atomic mass is 16.4. The van der Waals surface area contributed by atoms with Gasteiger partial charge in [-0.2, -0.15) is 0 Å². The lowest BCUT2D eigenvalue weighted by Crippen LogP contribution is -2.13. The van der Waals surface area contributed by atoms with E-state index < -0.39 is 17.9 Å². The molecule has 0 saturated carbocycles. The third-order valence-electron chi connectivity index (χ3n) is 3.00. The van der Waals surface area contributed by atoms with Crippen LogP contribution in [0.3, 0.4) is 0 Å². The molecule has 5 nitrogen and oxygen atoms in total. The number of carbonyl (C=O) groups is 2. The molecule has 19 heavy (non-hydrogen) atoms. The smallest absolute Gasteiger partial charge is 0.352 e. The first-order chi connectivity index (χ1) is 9.02. The molecule has 1 heterocycles. The van der Waals surface area contributed by atoms with E-state index in [1.54, 1.807) is 43.5 Å². The van der Waals surface area contributed by atoms with Crippen LogP contribution in [-0.4, -0.2) is 26.7 Å². The maximum atomic E-state index is 11.1. The molecule has 2 N–H and O–H groups in total. The van der Waals surface area contributed by atoms with Crippen molar-refractivity contribution in [3.05, 3.63) is 53.9 Å². The number of aromatic nitrogens is 1. The van der Waals surface area contributed by atoms with Crippen molar-refractivity contribution in [1.82, 2.24) is 4.57 Å².